The van der Waals surface area contributed by atoms with Crippen molar-refractivity contribution < 1.29 is 0 Å². The number of unbranched alkanes of at least 4 members (excludes halogenated alkanes) is 1. The summed E-state index contributed by atoms with van der Waals surface area (Å²) in [4.78, 5) is 0. The Labute approximate surface area is 76.4 Å². The van der Waals surface area contributed by atoms with Gasteiger partial charge in [-0.3, -0.25) is 0 Å². The molecule has 1 aliphatic rings. The van der Waals surface area contributed by atoms with Gasteiger partial charge >= 0.3 is 0 Å². The van der Waals surface area contributed by atoms with E-state index in [0.717, 1.165) is 12.3 Å². The van der Waals surface area contributed by atoms with Crippen LogP contribution in [0.3, 0.4) is 0 Å². The smallest absolute Gasteiger partial charge is 0.0114 e. The first-order chi connectivity index (χ1) is 5.72. The Bertz CT molecular complexity index is 160. The van der Waals surface area contributed by atoms with Gasteiger partial charge in [0.1, 0.15) is 0 Å². The van der Waals surface area contributed by atoms with Crippen molar-refractivity contribution >= 4 is 0 Å². The minimum absolute atomic E-state index is 0.860. The van der Waals surface area contributed by atoms with Gasteiger partial charge in [-0.1, -0.05) is 44.1 Å². The van der Waals surface area contributed by atoms with Gasteiger partial charge in [0, 0.05) is 0 Å². The number of allylic oxidation sites excluding steroid dienone is 2. The molecule has 0 aromatic carbocycles. The summed E-state index contributed by atoms with van der Waals surface area (Å²) in [6.07, 6.45) is 7.63. The van der Waals surface area contributed by atoms with E-state index < -0.39 is 0 Å². The van der Waals surface area contributed by atoms with Gasteiger partial charge < -0.3 is 0 Å². The van der Waals surface area contributed by atoms with Crippen molar-refractivity contribution in [3.05, 3.63) is 24.3 Å². The van der Waals surface area contributed by atoms with E-state index in [4.69, 9.17) is 0 Å². The monoisotopic (exact) mass is 164 g/mol. The van der Waals surface area contributed by atoms with Crippen LogP contribution in [0.15, 0.2) is 24.3 Å². The molecule has 0 heterocycles. The maximum Gasteiger partial charge on any atom is -0.0114 e. The predicted molar refractivity (Wildman–Crippen MR) is 55.1 cm³/mol. The molecule has 0 unspecified atom stereocenters. The molecular formula is C12H20. The minimum atomic E-state index is 0.860. The molecule has 1 saturated carbocycles. The largest absolute Gasteiger partial charge is 0.0995 e. The van der Waals surface area contributed by atoms with Crippen molar-refractivity contribution in [3.8, 4) is 0 Å². The van der Waals surface area contributed by atoms with Crippen LogP contribution in [-0.4, -0.2) is 0 Å². The highest BCUT2D eigenvalue weighted by Crippen LogP contribution is 2.33. The van der Waals surface area contributed by atoms with E-state index in [2.05, 4.69) is 20.1 Å². The zero-order valence-electron chi connectivity index (χ0n) is 8.23. The third-order valence-electron chi connectivity index (χ3n) is 2.62. The van der Waals surface area contributed by atoms with E-state index in [1.54, 1.807) is 0 Å². The fourth-order valence-corrected chi connectivity index (χ4v) is 2.08. The molecule has 0 amide bonds. The average Bonchev–Trinajstić information content (AvgIpc) is 1.99. The predicted octanol–water partition coefficient (Wildman–Crippen LogP) is 4.09. The lowest BCUT2D eigenvalue weighted by Gasteiger charge is -2.25. The second kappa shape index (κ2) is 4.49. The molecule has 1 rings (SSSR count). The molecule has 0 N–H and O–H groups in total. The molecule has 0 atom stereocenters. The van der Waals surface area contributed by atoms with Crippen LogP contribution < -0.4 is 0 Å². The lowest BCUT2D eigenvalue weighted by Crippen LogP contribution is -2.09. The van der Waals surface area contributed by atoms with Crippen LogP contribution in [0.4, 0.5) is 0 Å². The van der Waals surface area contributed by atoms with Crippen LogP contribution in [-0.2, 0) is 0 Å². The van der Waals surface area contributed by atoms with Crippen molar-refractivity contribution in [1.82, 2.24) is 0 Å². The summed E-state index contributed by atoms with van der Waals surface area (Å²) in [7, 11) is 0. The van der Waals surface area contributed by atoms with Crippen molar-refractivity contribution in [3.63, 3.8) is 0 Å². The summed E-state index contributed by atoms with van der Waals surface area (Å²) in [5, 5.41) is 0. The zero-order valence-corrected chi connectivity index (χ0v) is 8.23. The first-order valence-corrected chi connectivity index (χ1v) is 5.05. The quantitative estimate of drug-likeness (QED) is 0.551. The Morgan fingerprint density at radius 3 is 2.33 bits per heavy atom. The summed E-state index contributed by atoms with van der Waals surface area (Å²) in [6.45, 7) is 10.4. The Morgan fingerprint density at radius 1 is 1.25 bits per heavy atom. The second-order valence-corrected chi connectivity index (χ2v) is 4.09. The first-order valence-electron chi connectivity index (χ1n) is 5.05. The standard InChI is InChI=1S/C12H20/c1-4-5-6-12-8-10(2)7-11(3)9-12/h12H,2-9H2,1H3. The molecule has 0 aromatic heterocycles. The molecule has 0 bridgehead atoms. The van der Waals surface area contributed by atoms with E-state index >= 15 is 0 Å². The van der Waals surface area contributed by atoms with E-state index in [-0.39, 0.29) is 0 Å². The van der Waals surface area contributed by atoms with Crippen LogP contribution >= 0.6 is 0 Å². The first kappa shape index (κ1) is 9.57. The van der Waals surface area contributed by atoms with Gasteiger partial charge in [-0.15, -0.1) is 0 Å². The molecule has 0 nitrogen and oxygen atoms in total. The summed E-state index contributed by atoms with van der Waals surface area (Å²) in [6, 6.07) is 0. The summed E-state index contributed by atoms with van der Waals surface area (Å²) >= 11 is 0. The van der Waals surface area contributed by atoms with Crippen LogP contribution in [0.5, 0.6) is 0 Å². The maximum absolute atomic E-state index is 4.06. The van der Waals surface area contributed by atoms with E-state index in [1.165, 1.54) is 43.3 Å². The molecular weight excluding hydrogens is 144 g/mol. The van der Waals surface area contributed by atoms with Crippen molar-refractivity contribution in [1.29, 1.82) is 0 Å². The molecule has 0 radical (unpaired) electrons. The normalized spacial score (nSPS) is 20.1. The minimum Gasteiger partial charge on any atom is -0.0995 e. The van der Waals surface area contributed by atoms with Gasteiger partial charge in [0.2, 0.25) is 0 Å². The van der Waals surface area contributed by atoms with Gasteiger partial charge in [-0.05, 0) is 31.6 Å². The molecule has 68 valence electrons. The highest BCUT2D eigenvalue weighted by Gasteiger charge is 2.17. The number of hydrogen-bond acceptors (Lipinski definition) is 0. The molecule has 0 spiro atoms. The molecule has 1 aliphatic carbocycles. The van der Waals surface area contributed by atoms with Crippen molar-refractivity contribution in [2.24, 2.45) is 5.92 Å². The van der Waals surface area contributed by atoms with Crippen molar-refractivity contribution in [2.45, 2.75) is 45.4 Å². The molecule has 0 aromatic rings. The maximum atomic E-state index is 4.06. The summed E-state index contributed by atoms with van der Waals surface area (Å²) in [5.74, 6) is 0.860. The molecule has 0 saturated heterocycles. The van der Waals surface area contributed by atoms with Crippen LogP contribution in [0, 0.1) is 5.92 Å². The highest BCUT2D eigenvalue weighted by atomic mass is 14.2. The lowest BCUT2D eigenvalue weighted by atomic mass is 9.81. The fraction of sp³-hybridized carbons (Fsp3) is 0.667. The Balaban J connectivity index is 2.34. The van der Waals surface area contributed by atoms with E-state index in [1.807, 2.05) is 0 Å². The fourth-order valence-electron chi connectivity index (χ4n) is 2.08. The second-order valence-electron chi connectivity index (χ2n) is 4.09. The summed E-state index contributed by atoms with van der Waals surface area (Å²) < 4.78 is 0. The highest BCUT2D eigenvalue weighted by molar-refractivity contribution is 5.15. The summed E-state index contributed by atoms with van der Waals surface area (Å²) in [5.41, 5.74) is 2.79. The average molecular weight is 164 g/mol. The van der Waals surface area contributed by atoms with Crippen molar-refractivity contribution in [2.75, 3.05) is 0 Å². The van der Waals surface area contributed by atoms with Gasteiger partial charge in [0.05, 0.1) is 0 Å². The zero-order chi connectivity index (χ0) is 8.97. The lowest BCUT2D eigenvalue weighted by molar-refractivity contribution is 0.431. The Hall–Kier alpha value is -0.520. The molecule has 1 fully saturated rings. The SMILES string of the molecule is C=C1CC(=C)CC(CCCC)C1. The van der Waals surface area contributed by atoms with Gasteiger partial charge in [-0.2, -0.15) is 0 Å². The third kappa shape index (κ3) is 2.84. The van der Waals surface area contributed by atoms with Gasteiger partial charge in [0.15, 0.2) is 0 Å². The topological polar surface area (TPSA) is 0 Å². The van der Waals surface area contributed by atoms with Gasteiger partial charge in [-0.25, -0.2) is 0 Å². The molecule has 0 aliphatic heterocycles. The Kier molecular flexibility index (Phi) is 3.58. The number of rotatable bonds is 3. The van der Waals surface area contributed by atoms with E-state index in [0.29, 0.717) is 0 Å². The van der Waals surface area contributed by atoms with Crippen LogP contribution in [0.1, 0.15) is 45.4 Å². The Morgan fingerprint density at radius 2 is 1.83 bits per heavy atom. The molecule has 12 heavy (non-hydrogen) atoms. The van der Waals surface area contributed by atoms with Crippen LogP contribution in [0.2, 0.25) is 0 Å². The van der Waals surface area contributed by atoms with Crippen LogP contribution in [0.25, 0.3) is 0 Å². The third-order valence-corrected chi connectivity index (χ3v) is 2.62. The van der Waals surface area contributed by atoms with E-state index in [9.17, 15) is 0 Å². The number of hydrogen-bond donors (Lipinski definition) is 0. The molecule has 0 heteroatoms. The van der Waals surface area contributed by atoms with Gasteiger partial charge in [0.25, 0.3) is 0 Å².